The van der Waals surface area contributed by atoms with Crippen LogP contribution in [-0.2, 0) is 4.79 Å². The fourth-order valence-corrected chi connectivity index (χ4v) is 3.70. The highest BCUT2D eigenvalue weighted by atomic mass is 79.9. The van der Waals surface area contributed by atoms with Gasteiger partial charge >= 0.3 is 0 Å². The number of ketones is 1. The van der Waals surface area contributed by atoms with Gasteiger partial charge in [-0.15, -0.1) is 0 Å². The molecule has 0 spiro atoms. The third-order valence-electron chi connectivity index (χ3n) is 4.86. The number of aliphatic hydroxyl groups excluding tert-OH is 1. The fourth-order valence-electron chi connectivity index (χ4n) is 3.44. The Morgan fingerprint density at radius 2 is 1.81 bits per heavy atom. The first kappa shape index (κ1) is 19.6. The summed E-state index contributed by atoms with van der Waals surface area (Å²) in [7, 11) is 0. The molecule has 0 aromatic heterocycles. The number of carbonyl (C=O) groups is 1. The number of nitrogens with zero attached hydrogens (tertiary/aromatic N) is 1. The number of aliphatic hydroxyl groups is 1. The Hall–Kier alpha value is -2.20. The van der Waals surface area contributed by atoms with Gasteiger partial charge in [-0.2, -0.15) is 0 Å². The second kappa shape index (κ2) is 9.14. The maximum Gasteiger partial charge on any atom is 0.168 e. The minimum atomic E-state index is -0.0143. The molecule has 3 nitrogen and oxygen atoms in total. The number of halogens is 1. The van der Waals surface area contributed by atoms with Gasteiger partial charge in [0.1, 0.15) is 5.76 Å². The lowest BCUT2D eigenvalue weighted by molar-refractivity contribution is -0.116. The van der Waals surface area contributed by atoms with E-state index in [9.17, 15) is 9.90 Å². The molecule has 1 aliphatic rings. The Bertz CT molecular complexity index is 854. The molecule has 0 saturated heterocycles. The summed E-state index contributed by atoms with van der Waals surface area (Å²) < 4.78 is 0.984. The van der Waals surface area contributed by atoms with Crippen molar-refractivity contribution in [2.75, 3.05) is 0 Å². The number of unbranched alkanes of at least 4 members (excludes halogenated alkanes) is 1. The Kier molecular flexibility index (Phi) is 6.62. The summed E-state index contributed by atoms with van der Waals surface area (Å²) in [5.74, 6) is 0.189. The number of rotatable bonds is 6. The molecule has 140 valence electrons. The minimum Gasteiger partial charge on any atom is -0.511 e. The van der Waals surface area contributed by atoms with Crippen molar-refractivity contribution < 1.29 is 9.90 Å². The van der Waals surface area contributed by atoms with E-state index in [0.29, 0.717) is 30.5 Å². The molecule has 0 amide bonds. The van der Waals surface area contributed by atoms with E-state index in [1.54, 1.807) is 0 Å². The molecule has 0 bridgehead atoms. The molecule has 3 rings (SSSR count). The van der Waals surface area contributed by atoms with Crippen LogP contribution in [0.25, 0.3) is 0 Å². The number of hydrogen-bond donors (Lipinski definition) is 1. The Labute approximate surface area is 169 Å². The molecular weight excluding hydrogens is 402 g/mol. The largest absolute Gasteiger partial charge is 0.511 e. The van der Waals surface area contributed by atoms with Crippen molar-refractivity contribution in [2.24, 2.45) is 4.99 Å². The summed E-state index contributed by atoms with van der Waals surface area (Å²) in [5, 5.41) is 10.7. The van der Waals surface area contributed by atoms with Crippen LogP contribution in [0, 0.1) is 0 Å². The van der Waals surface area contributed by atoms with Crippen LogP contribution >= 0.6 is 15.9 Å². The quantitative estimate of drug-likeness (QED) is 0.525. The van der Waals surface area contributed by atoms with E-state index < -0.39 is 0 Å². The average Bonchev–Trinajstić information content (AvgIpc) is 2.67. The van der Waals surface area contributed by atoms with E-state index >= 15 is 0 Å². The van der Waals surface area contributed by atoms with Crippen molar-refractivity contribution in [1.82, 2.24) is 0 Å². The number of Topliss-reactive ketones (excluding diaryl/α,β-unsaturated/α-hetero) is 1. The number of hydrogen-bond acceptors (Lipinski definition) is 3. The summed E-state index contributed by atoms with van der Waals surface area (Å²) in [4.78, 5) is 17.6. The molecule has 27 heavy (non-hydrogen) atoms. The third-order valence-corrected chi connectivity index (χ3v) is 5.39. The molecule has 1 aliphatic carbocycles. The van der Waals surface area contributed by atoms with Gasteiger partial charge < -0.3 is 5.11 Å². The van der Waals surface area contributed by atoms with Crippen LogP contribution in [-0.4, -0.2) is 16.6 Å². The fraction of sp³-hybridized carbons (Fsp3) is 0.304. The van der Waals surface area contributed by atoms with Crippen molar-refractivity contribution in [3.8, 4) is 0 Å². The van der Waals surface area contributed by atoms with E-state index in [-0.39, 0.29) is 17.5 Å². The lowest BCUT2D eigenvalue weighted by Crippen LogP contribution is -2.23. The molecular formula is C23H24BrNO2. The summed E-state index contributed by atoms with van der Waals surface area (Å²) in [5.41, 5.74) is 3.02. The topological polar surface area (TPSA) is 49.7 Å². The van der Waals surface area contributed by atoms with Crippen LogP contribution in [0.5, 0.6) is 0 Å². The smallest absolute Gasteiger partial charge is 0.168 e. The number of aliphatic imine (C=N–C) groups is 1. The van der Waals surface area contributed by atoms with Gasteiger partial charge in [0.15, 0.2) is 5.78 Å². The summed E-state index contributed by atoms with van der Waals surface area (Å²) >= 11 is 3.43. The monoisotopic (exact) mass is 425 g/mol. The predicted octanol–water partition coefficient (Wildman–Crippen LogP) is 6.67. The lowest BCUT2D eigenvalue weighted by atomic mass is 9.80. The highest BCUT2D eigenvalue weighted by Gasteiger charge is 2.31. The predicted molar refractivity (Wildman–Crippen MR) is 114 cm³/mol. The number of benzene rings is 2. The highest BCUT2D eigenvalue weighted by Crippen LogP contribution is 2.35. The molecule has 4 heteroatoms. The molecule has 0 heterocycles. The van der Waals surface area contributed by atoms with Crippen LogP contribution in [0.1, 0.15) is 50.5 Å². The van der Waals surface area contributed by atoms with Gasteiger partial charge in [-0.25, -0.2) is 0 Å². The van der Waals surface area contributed by atoms with Crippen molar-refractivity contribution in [2.45, 2.75) is 44.9 Å². The minimum absolute atomic E-state index is 0.0143. The SMILES string of the molecule is CCCCC(=Nc1ccc(Br)cc1)C1=C(O)CC(c2ccccc2)CC1=O. The average molecular weight is 426 g/mol. The molecule has 1 N–H and O–H groups in total. The Morgan fingerprint density at radius 1 is 1.11 bits per heavy atom. The molecule has 0 saturated carbocycles. The maximum atomic E-state index is 12.9. The molecule has 2 aromatic rings. The van der Waals surface area contributed by atoms with E-state index in [2.05, 4.69) is 22.9 Å². The zero-order valence-electron chi connectivity index (χ0n) is 15.5. The number of carbonyl (C=O) groups excluding carboxylic acids is 1. The lowest BCUT2D eigenvalue weighted by Gasteiger charge is -2.24. The first-order valence-electron chi connectivity index (χ1n) is 9.42. The summed E-state index contributed by atoms with van der Waals surface area (Å²) in [6.45, 7) is 2.11. The van der Waals surface area contributed by atoms with Gasteiger partial charge in [0.05, 0.1) is 17.0 Å². The van der Waals surface area contributed by atoms with E-state index in [0.717, 1.165) is 28.6 Å². The van der Waals surface area contributed by atoms with E-state index in [4.69, 9.17) is 4.99 Å². The Morgan fingerprint density at radius 3 is 2.44 bits per heavy atom. The van der Waals surface area contributed by atoms with Gasteiger partial charge in [-0.1, -0.05) is 59.6 Å². The highest BCUT2D eigenvalue weighted by molar-refractivity contribution is 9.10. The van der Waals surface area contributed by atoms with Crippen molar-refractivity contribution in [3.05, 3.63) is 76.0 Å². The van der Waals surface area contributed by atoms with Crippen LogP contribution in [0.3, 0.4) is 0 Å². The van der Waals surface area contributed by atoms with Crippen molar-refractivity contribution >= 4 is 33.1 Å². The van der Waals surface area contributed by atoms with Crippen LogP contribution in [0.4, 0.5) is 5.69 Å². The Balaban J connectivity index is 1.93. The van der Waals surface area contributed by atoms with Crippen LogP contribution in [0.2, 0.25) is 0 Å². The van der Waals surface area contributed by atoms with Crippen molar-refractivity contribution in [3.63, 3.8) is 0 Å². The zero-order valence-corrected chi connectivity index (χ0v) is 17.1. The normalized spacial score (nSPS) is 18.1. The molecule has 0 fully saturated rings. The van der Waals surface area contributed by atoms with Gasteiger partial charge in [0, 0.05) is 17.3 Å². The maximum absolute atomic E-state index is 12.9. The van der Waals surface area contributed by atoms with Gasteiger partial charge in [0.25, 0.3) is 0 Å². The molecule has 2 aromatic carbocycles. The molecule has 1 unspecified atom stereocenters. The van der Waals surface area contributed by atoms with Gasteiger partial charge in [-0.3, -0.25) is 9.79 Å². The van der Waals surface area contributed by atoms with Gasteiger partial charge in [0.2, 0.25) is 0 Å². The second-order valence-electron chi connectivity index (χ2n) is 6.90. The van der Waals surface area contributed by atoms with Crippen molar-refractivity contribution in [1.29, 1.82) is 0 Å². The van der Waals surface area contributed by atoms with Crippen LogP contribution < -0.4 is 0 Å². The molecule has 0 aliphatic heterocycles. The molecule has 1 atom stereocenters. The third kappa shape index (κ3) is 4.95. The standard InChI is InChI=1S/C23H24BrNO2/c1-2-3-9-20(25-19-12-10-18(24)11-13-19)23-21(26)14-17(15-22(23)27)16-7-5-4-6-8-16/h4-8,10-13,17,26H,2-3,9,14-15H2,1H3. The first-order chi connectivity index (χ1) is 13.1. The number of allylic oxidation sites excluding steroid dienone is 2. The first-order valence-corrected chi connectivity index (χ1v) is 10.2. The molecule has 0 radical (unpaired) electrons. The van der Waals surface area contributed by atoms with E-state index in [1.165, 1.54) is 0 Å². The second-order valence-corrected chi connectivity index (χ2v) is 7.81. The van der Waals surface area contributed by atoms with Gasteiger partial charge in [-0.05, 0) is 48.6 Å². The zero-order chi connectivity index (χ0) is 19.2. The van der Waals surface area contributed by atoms with Crippen LogP contribution in [0.15, 0.2) is 75.4 Å². The summed E-state index contributed by atoms with van der Waals surface area (Å²) in [6.07, 6.45) is 3.52. The van der Waals surface area contributed by atoms with E-state index in [1.807, 2.05) is 54.6 Å². The summed E-state index contributed by atoms with van der Waals surface area (Å²) in [6, 6.07) is 17.6.